The monoisotopic (exact) mass is 399 g/mol. The van der Waals surface area contributed by atoms with Crippen molar-refractivity contribution >= 4 is 0 Å². The largest absolute Gasteiger partial charge is 0.494 e. The van der Waals surface area contributed by atoms with E-state index in [0.717, 1.165) is 42.9 Å². The van der Waals surface area contributed by atoms with Crippen LogP contribution in [-0.2, 0) is 11.8 Å². The van der Waals surface area contributed by atoms with Crippen LogP contribution in [0.2, 0.25) is 0 Å². The van der Waals surface area contributed by atoms with Gasteiger partial charge in [0.05, 0.1) is 12.0 Å². The molecule has 0 aliphatic rings. The molecule has 1 unspecified atom stereocenters. The summed E-state index contributed by atoms with van der Waals surface area (Å²) >= 11 is 0. The zero-order valence-electron chi connectivity index (χ0n) is 17.8. The molecule has 1 heterocycles. The molecule has 154 valence electrons. The number of aromatic nitrogens is 1. The van der Waals surface area contributed by atoms with Gasteiger partial charge in [0, 0.05) is 11.8 Å². The van der Waals surface area contributed by atoms with E-state index in [4.69, 9.17) is 15.9 Å². The minimum atomic E-state index is -0.275. The van der Waals surface area contributed by atoms with E-state index < -0.39 is 0 Å². The molecular weight excluding hydrogens is 370 g/mol. The van der Waals surface area contributed by atoms with Gasteiger partial charge in [0.2, 0.25) is 5.88 Å². The maximum Gasteiger partial charge on any atom is 0.219 e. The van der Waals surface area contributed by atoms with Crippen molar-refractivity contribution in [3.63, 3.8) is 0 Å². The average Bonchev–Trinajstić information content (AvgIpc) is 2.79. The predicted molar refractivity (Wildman–Crippen MR) is 122 cm³/mol. The van der Waals surface area contributed by atoms with Crippen molar-refractivity contribution < 1.29 is 9.47 Å². The Morgan fingerprint density at radius 1 is 0.900 bits per heavy atom. The SMILES string of the molecule is C#CC(CC)(CCCc1cccc(Oc2ccccc2)n1)c1ccc(OCC)cc1. The number of hydrogen-bond donors (Lipinski definition) is 0. The highest BCUT2D eigenvalue weighted by atomic mass is 16.5. The first-order valence-electron chi connectivity index (χ1n) is 10.6. The Labute approximate surface area is 180 Å². The molecule has 2 aromatic carbocycles. The normalized spacial score (nSPS) is 12.6. The first kappa shape index (κ1) is 21.5. The maximum atomic E-state index is 6.02. The Morgan fingerprint density at radius 2 is 1.67 bits per heavy atom. The van der Waals surface area contributed by atoms with Crippen LogP contribution in [0.1, 0.15) is 44.4 Å². The summed E-state index contributed by atoms with van der Waals surface area (Å²) < 4.78 is 11.4. The Bertz CT molecular complexity index is 960. The van der Waals surface area contributed by atoms with Crippen LogP contribution in [0.3, 0.4) is 0 Å². The molecule has 0 aliphatic carbocycles. The summed E-state index contributed by atoms with van der Waals surface area (Å²) in [4.78, 5) is 4.65. The van der Waals surface area contributed by atoms with Gasteiger partial charge in [-0.3, -0.25) is 0 Å². The van der Waals surface area contributed by atoms with Gasteiger partial charge in [0.1, 0.15) is 11.5 Å². The second kappa shape index (κ2) is 10.5. The minimum absolute atomic E-state index is 0.275. The Morgan fingerprint density at radius 3 is 2.33 bits per heavy atom. The quantitative estimate of drug-likeness (QED) is 0.361. The van der Waals surface area contributed by atoms with Gasteiger partial charge in [-0.1, -0.05) is 49.2 Å². The molecule has 3 heteroatoms. The van der Waals surface area contributed by atoms with Crippen LogP contribution in [0.15, 0.2) is 72.8 Å². The van der Waals surface area contributed by atoms with Crippen molar-refractivity contribution in [2.24, 2.45) is 0 Å². The molecule has 0 radical (unpaired) electrons. The summed E-state index contributed by atoms with van der Waals surface area (Å²) in [7, 11) is 0. The van der Waals surface area contributed by atoms with Gasteiger partial charge in [0.15, 0.2) is 0 Å². The standard InChI is InChI=1S/C27H29NO2/c1-4-27(5-2,22-17-19-24(20-18-22)29-6-3)21-11-13-23-12-10-16-26(28-23)30-25-14-8-7-9-15-25/h1,7-10,12,14-20H,5-6,11,13,21H2,2-3H3. The Balaban J connectivity index is 1.64. The molecule has 1 atom stereocenters. The third kappa shape index (κ3) is 5.42. The van der Waals surface area contributed by atoms with Gasteiger partial charge in [-0.15, -0.1) is 6.42 Å². The van der Waals surface area contributed by atoms with E-state index in [1.165, 1.54) is 5.56 Å². The van der Waals surface area contributed by atoms with Gasteiger partial charge in [-0.05, 0) is 68.5 Å². The highest BCUT2D eigenvalue weighted by molar-refractivity contribution is 5.38. The summed E-state index contributed by atoms with van der Waals surface area (Å²) in [5, 5.41) is 0. The van der Waals surface area contributed by atoms with E-state index >= 15 is 0 Å². The number of hydrogen-bond acceptors (Lipinski definition) is 3. The molecular formula is C27H29NO2. The fourth-order valence-corrected chi connectivity index (χ4v) is 3.65. The van der Waals surface area contributed by atoms with Crippen LogP contribution < -0.4 is 9.47 Å². The molecule has 3 rings (SSSR count). The zero-order chi connectivity index (χ0) is 21.2. The smallest absolute Gasteiger partial charge is 0.219 e. The fraction of sp³-hybridized carbons (Fsp3) is 0.296. The van der Waals surface area contributed by atoms with Crippen molar-refractivity contribution in [1.82, 2.24) is 4.98 Å². The van der Waals surface area contributed by atoms with Crippen LogP contribution in [0, 0.1) is 12.3 Å². The molecule has 3 nitrogen and oxygen atoms in total. The first-order valence-corrected chi connectivity index (χ1v) is 10.6. The molecule has 0 spiro atoms. The van der Waals surface area contributed by atoms with Crippen molar-refractivity contribution in [2.75, 3.05) is 6.61 Å². The van der Waals surface area contributed by atoms with Crippen molar-refractivity contribution in [3.05, 3.63) is 84.1 Å². The summed E-state index contributed by atoms with van der Waals surface area (Å²) in [6.45, 7) is 4.80. The van der Waals surface area contributed by atoms with Gasteiger partial charge in [0.25, 0.3) is 0 Å². The van der Waals surface area contributed by atoms with Crippen molar-refractivity contribution in [2.45, 2.75) is 44.9 Å². The van der Waals surface area contributed by atoms with Gasteiger partial charge in [-0.2, -0.15) is 0 Å². The molecule has 30 heavy (non-hydrogen) atoms. The molecule has 0 bridgehead atoms. The van der Waals surface area contributed by atoms with E-state index in [1.54, 1.807) is 0 Å². The second-order valence-electron chi connectivity index (χ2n) is 7.27. The Hall–Kier alpha value is -3.25. The summed E-state index contributed by atoms with van der Waals surface area (Å²) in [5.74, 6) is 5.36. The Kier molecular flexibility index (Phi) is 7.51. The van der Waals surface area contributed by atoms with Crippen molar-refractivity contribution in [1.29, 1.82) is 0 Å². The number of terminal acetylenes is 1. The number of nitrogens with zero attached hydrogens (tertiary/aromatic N) is 1. The van der Waals surface area contributed by atoms with Crippen LogP contribution in [-0.4, -0.2) is 11.6 Å². The number of pyridine rings is 1. The third-order valence-corrected chi connectivity index (χ3v) is 5.38. The topological polar surface area (TPSA) is 31.4 Å². The number of aryl methyl sites for hydroxylation is 1. The number of benzene rings is 2. The lowest BCUT2D eigenvalue weighted by atomic mass is 9.75. The summed E-state index contributed by atoms with van der Waals surface area (Å²) in [5.41, 5.74) is 1.91. The number of rotatable bonds is 10. The van der Waals surface area contributed by atoms with Crippen LogP contribution in [0.5, 0.6) is 17.4 Å². The lowest BCUT2D eigenvalue weighted by Gasteiger charge is -2.28. The molecule has 0 N–H and O–H groups in total. The molecule has 3 aromatic rings. The number of ether oxygens (including phenoxy) is 2. The molecule has 0 saturated heterocycles. The van der Waals surface area contributed by atoms with Crippen molar-refractivity contribution in [3.8, 4) is 29.7 Å². The summed E-state index contributed by atoms with van der Waals surface area (Å²) in [6.07, 6.45) is 9.62. The average molecular weight is 400 g/mol. The summed E-state index contributed by atoms with van der Waals surface area (Å²) in [6, 6.07) is 23.8. The molecule has 0 fully saturated rings. The van der Waals surface area contributed by atoms with Crippen LogP contribution in [0.4, 0.5) is 0 Å². The van der Waals surface area contributed by atoms with Gasteiger partial charge >= 0.3 is 0 Å². The lowest BCUT2D eigenvalue weighted by Crippen LogP contribution is -2.23. The highest BCUT2D eigenvalue weighted by Gasteiger charge is 2.27. The predicted octanol–water partition coefficient (Wildman–Crippen LogP) is 6.58. The van der Waals surface area contributed by atoms with E-state index in [1.807, 2.05) is 67.6 Å². The first-order chi connectivity index (χ1) is 14.7. The number of para-hydroxylation sites is 1. The van der Waals surface area contributed by atoms with E-state index in [2.05, 4.69) is 30.0 Å². The minimum Gasteiger partial charge on any atom is -0.494 e. The molecule has 1 aromatic heterocycles. The molecule has 0 aliphatic heterocycles. The maximum absolute atomic E-state index is 6.02. The lowest BCUT2D eigenvalue weighted by molar-refractivity contribution is 0.340. The second-order valence-corrected chi connectivity index (χ2v) is 7.27. The molecule has 0 amide bonds. The third-order valence-electron chi connectivity index (χ3n) is 5.38. The van der Waals surface area contributed by atoms with E-state index in [-0.39, 0.29) is 5.41 Å². The van der Waals surface area contributed by atoms with Gasteiger partial charge < -0.3 is 9.47 Å². The van der Waals surface area contributed by atoms with E-state index in [0.29, 0.717) is 12.5 Å². The highest BCUT2D eigenvalue weighted by Crippen LogP contribution is 2.34. The fourth-order valence-electron chi connectivity index (χ4n) is 3.65. The molecule has 0 saturated carbocycles. The van der Waals surface area contributed by atoms with Gasteiger partial charge in [-0.25, -0.2) is 4.98 Å². The zero-order valence-corrected chi connectivity index (χ0v) is 17.8. The van der Waals surface area contributed by atoms with Crippen LogP contribution in [0.25, 0.3) is 0 Å². The van der Waals surface area contributed by atoms with Crippen LogP contribution >= 0.6 is 0 Å². The van der Waals surface area contributed by atoms with E-state index in [9.17, 15) is 0 Å².